The van der Waals surface area contributed by atoms with E-state index in [1.165, 1.54) is 21.9 Å². The van der Waals surface area contributed by atoms with Crippen molar-refractivity contribution in [2.75, 3.05) is 37.9 Å². The smallest absolute Gasteiger partial charge is 0.336 e. The molecule has 14 heteroatoms. The number of hydrogen-bond donors (Lipinski definition) is 1. The molecule has 1 aromatic heterocycles. The Bertz CT molecular complexity index is 1220. The zero-order valence-electron chi connectivity index (χ0n) is 21.6. The van der Waals surface area contributed by atoms with E-state index in [-0.39, 0.29) is 43.7 Å². The van der Waals surface area contributed by atoms with Crippen molar-refractivity contribution in [3.63, 3.8) is 0 Å². The average Bonchev–Trinajstić information content (AvgIpc) is 3.42. The van der Waals surface area contributed by atoms with E-state index in [0.29, 0.717) is 35.3 Å². The summed E-state index contributed by atoms with van der Waals surface area (Å²) in [5.74, 6) is 0.421. The monoisotopic (exact) mass is 575 g/mol. The summed E-state index contributed by atoms with van der Waals surface area (Å²) in [5.41, 5.74) is 0.778. The fourth-order valence-electron chi connectivity index (χ4n) is 3.73. The molecule has 3 rings (SSSR count). The van der Waals surface area contributed by atoms with Crippen molar-refractivity contribution < 1.29 is 36.3 Å². The Morgan fingerprint density at radius 3 is 2.49 bits per heavy atom. The third-order valence-corrected chi connectivity index (χ3v) is 9.26. The number of nitrogens with one attached hydrogen (secondary N) is 1. The number of ether oxygens (including phenoxy) is 2. The van der Waals surface area contributed by atoms with Gasteiger partial charge in [-0.05, 0) is 46.2 Å². The molecule has 1 aliphatic rings. The van der Waals surface area contributed by atoms with E-state index in [0.717, 1.165) is 0 Å². The summed E-state index contributed by atoms with van der Waals surface area (Å²) < 4.78 is 60.3. The molecular formula is C23H34N3O8PS2. The fraction of sp³-hybridized carbons (Fsp3) is 0.565. The van der Waals surface area contributed by atoms with Crippen LogP contribution in [0.3, 0.4) is 0 Å². The van der Waals surface area contributed by atoms with Gasteiger partial charge in [-0.25, -0.2) is 13.4 Å². The molecule has 0 radical (unpaired) electrons. The molecule has 1 saturated heterocycles. The molecule has 0 bridgehead atoms. The number of carbonyl (C=O) groups excluding carboxylic acids is 1. The van der Waals surface area contributed by atoms with Crippen LogP contribution in [0.1, 0.15) is 50.2 Å². The Morgan fingerprint density at radius 2 is 1.89 bits per heavy atom. The van der Waals surface area contributed by atoms with Crippen LogP contribution in [0.5, 0.6) is 11.5 Å². The minimum atomic E-state index is -3.32. The summed E-state index contributed by atoms with van der Waals surface area (Å²) in [6, 6.07) is 4.87. The highest BCUT2D eigenvalue weighted by Crippen LogP contribution is 2.51. The zero-order valence-corrected chi connectivity index (χ0v) is 24.2. The molecule has 0 spiro atoms. The molecule has 0 unspecified atom stereocenters. The van der Waals surface area contributed by atoms with Crippen LogP contribution in [0.15, 0.2) is 23.6 Å². The van der Waals surface area contributed by atoms with Crippen LogP contribution in [-0.4, -0.2) is 68.4 Å². The van der Waals surface area contributed by atoms with Gasteiger partial charge in [0.1, 0.15) is 17.6 Å². The third kappa shape index (κ3) is 8.76. The number of carbonyl (C=O) groups is 1. The van der Waals surface area contributed by atoms with Gasteiger partial charge in [-0.1, -0.05) is 0 Å². The van der Waals surface area contributed by atoms with Gasteiger partial charge >= 0.3 is 7.60 Å². The van der Waals surface area contributed by atoms with Crippen LogP contribution in [0.2, 0.25) is 0 Å². The second-order valence-electron chi connectivity index (χ2n) is 8.71. The summed E-state index contributed by atoms with van der Waals surface area (Å²) in [5, 5.41) is 4.78. The standard InChI is InChI=1S/C23H34N3O8PS2/c1-6-31-35(28,32-7-2)14-18-15-36-23(24-18)25-22(27)17-10-20(33-16(3)4)12-21(11-17)34-19-8-9-26(13-19)37(5,29)30/h10-12,15-16,19H,6-9,13-14H2,1-5H3,(H,24,25,27)/t19-/m0/s1. The van der Waals surface area contributed by atoms with Gasteiger partial charge in [0, 0.05) is 23.6 Å². The highest BCUT2D eigenvalue weighted by atomic mass is 32.2. The highest BCUT2D eigenvalue weighted by molar-refractivity contribution is 7.88. The summed E-state index contributed by atoms with van der Waals surface area (Å²) >= 11 is 1.20. The van der Waals surface area contributed by atoms with Gasteiger partial charge in [0.2, 0.25) is 10.0 Å². The molecule has 2 aromatic rings. The largest absolute Gasteiger partial charge is 0.491 e. The van der Waals surface area contributed by atoms with Crippen LogP contribution in [0, 0.1) is 0 Å². The lowest BCUT2D eigenvalue weighted by Crippen LogP contribution is -2.30. The Balaban J connectivity index is 1.74. The summed E-state index contributed by atoms with van der Waals surface area (Å²) in [6.45, 7) is 8.33. The van der Waals surface area contributed by atoms with Crippen LogP contribution < -0.4 is 14.8 Å². The molecule has 11 nitrogen and oxygen atoms in total. The maximum Gasteiger partial charge on any atom is 0.336 e. The van der Waals surface area contributed by atoms with Gasteiger partial charge in [0.05, 0.1) is 44.0 Å². The molecule has 0 saturated carbocycles. The van der Waals surface area contributed by atoms with Gasteiger partial charge in [0.25, 0.3) is 5.91 Å². The molecule has 2 heterocycles. The number of nitrogens with zero attached hydrogens (tertiary/aromatic N) is 2. The lowest BCUT2D eigenvalue weighted by Gasteiger charge is -2.17. The topological polar surface area (TPSA) is 133 Å². The van der Waals surface area contributed by atoms with Crippen molar-refractivity contribution in [2.24, 2.45) is 0 Å². The normalized spacial score (nSPS) is 16.8. The molecule has 1 fully saturated rings. The molecule has 0 aliphatic carbocycles. The number of aromatic nitrogens is 1. The molecule has 1 aliphatic heterocycles. The van der Waals surface area contributed by atoms with Crippen molar-refractivity contribution in [3.05, 3.63) is 34.8 Å². The Labute approximate surface area is 222 Å². The maximum absolute atomic E-state index is 13.1. The van der Waals surface area contributed by atoms with Gasteiger partial charge in [-0.15, -0.1) is 11.3 Å². The SMILES string of the molecule is CCOP(=O)(Cc1csc(NC(=O)c2cc(OC(C)C)cc(O[C@H]3CCN(S(C)(=O)=O)C3)c2)n1)OCC. The number of thiazole rings is 1. The minimum absolute atomic E-state index is 0.00262. The van der Waals surface area contributed by atoms with E-state index in [9.17, 15) is 17.8 Å². The van der Waals surface area contributed by atoms with Gasteiger partial charge in [0.15, 0.2) is 5.13 Å². The number of hydrogen-bond acceptors (Lipinski definition) is 10. The lowest BCUT2D eigenvalue weighted by atomic mass is 10.2. The molecule has 1 N–H and O–H groups in total. The first-order chi connectivity index (χ1) is 17.4. The zero-order chi connectivity index (χ0) is 27.2. The number of rotatable bonds is 13. The third-order valence-electron chi connectivity index (χ3n) is 5.17. The Morgan fingerprint density at radius 1 is 1.22 bits per heavy atom. The molecule has 37 heavy (non-hydrogen) atoms. The first-order valence-corrected chi connectivity index (χ1v) is 16.4. The van der Waals surface area contributed by atoms with E-state index >= 15 is 0 Å². The summed E-state index contributed by atoms with van der Waals surface area (Å²) in [7, 11) is -6.62. The van der Waals surface area contributed by atoms with Gasteiger partial charge in [-0.2, -0.15) is 4.31 Å². The van der Waals surface area contributed by atoms with E-state index in [1.54, 1.807) is 37.4 Å². The van der Waals surface area contributed by atoms with Crippen molar-refractivity contribution in [3.8, 4) is 11.5 Å². The van der Waals surface area contributed by atoms with Crippen LogP contribution in [0.4, 0.5) is 5.13 Å². The van der Waals surface area contributed by atoms with Crippen molar-refractivity contribution in [1.29, 1.82) is 0 Å². The van der Waals surface area contributed by atoms with Crippen molar-refractivity contribution >= 4 is 40.0 Å². The number of sulfonamides is 1. The number of anilines is 1. The molecule has 1 atom stereocenters. The molecular weight excluding hydrogens is 541 g/mol. The first-order valence-electron chi connectivity index (χ1n) is 12.0. The summed E-state index contributed by atoms with van der Waals surface area (Å²) in [4.78, 5) is 17.4. The Hall–Kier alpha value is -2.02. The molecule has 1 amide bonds. The predicted molar refractivity (Wildman–Crippen MR) is 142 cm³/mol. The second-order valence-corrected chi connectivity index (χ2v) is 13.6. The van der Waals surface area contributed by atoms with Crippen LogP contribution >= 0.6 is 18.9 Å². The van der Waals surface area contributed by atoms with Gasteiger partial charge < -0.3 is 18.5 Å². The summed E-state index contributed by atoms with van der Waals surface area (Å²) in [6.07, 6.45) is 1.24. The van der Waals surface area contributed by atoms with E-state index < -0.39 is 23.5 Å². The van der Waals surface area contributed by atoms with E-state index in [4.69, 9.17) is 18.5 Å². The fourth-order valence-corrected chi connectivity index (χ4v) is 7.03. The maximum atomic E-state index is 13.1. The van der Waals surface area contributed by atoms with E-state index in [1.807, 2.05) is 13.8 Å². The first kappa shape index (κ1) is 29.5. The van der Waals surface area contributed by atoms with Gasteiger partial charge in [-0.3, -0.25) is 14.7 Å². The quantitative estimate of drug-likeness (QED) is 0.346. The minimum Gasteiger partial charge on any atom is -0.491 e. The van der Waals surface area contributed by atoms with Crippen molar-refractivity contribution in [1.82, 2.24) is 9.29 Å². The van der Waals surface area contributed by atoms with Crippen LogP contribution in [-0.2, 0) is 29.8 Å². The average molecular weight is 576 g/mol. The number of amides is 1. The highest BCUT2D eigenvalue weighted by Gasteiger charge is 2.30. The van der Waals surface area contributed by atoms with Crippen molar-refractivity contribution in [2.45, 2.75) is 52.5 Å². The lowest BCUT2D eigenvalue weighted by molar-refractivity contribution is 0.102. The molecule has 206 valence electrons. The number of benzene rings is 1. The van der Waals surface area contributed by atoms with E-state index in [2.05, 4.69) is 10.3 Å². The predicted octanol–water partition coefficient (Wildman–Crippen LogP) is 4.36. The Kier molecular flexibility index (Phi) is 10.1. The second kappa shape index (κ2) is 12.7. The molecule has 1 aromatic carbocycles. The van der Waals surface area contributed by atoms with Crippen LogP contribution in [0.25, 0.3) is 0 Å².